The van der Waals surface area contributed by atoms with Crippen molar-refractivity contribution in [1.82, 2.24) is 10.2 Å². The van der Waals surface area contributed by atoms with Crippen molar-refractivity contribution in [2.75, 3.05) is 17.4 Å². The summed E-state index contributed by atoms with van der Waals surface area (Å²) in [6.07, 6.45) is -4.50. The molecule has 0 saturated heterocycles. The number of halogens is 3. The first kappa shape index (κ1) is 32.7. The third kappa shape index (κ3) is 8.34. The van der Waals surface area contributed by atoms with E-state index in [2.05, 4.69) is 5.32 Å². The van der Waals surface area contributed by atoms with Crippen LogP contribution in [0.5, 0.6) is 0 Å². The van der Waals surface area contributed by atoms with E-state index in [9.17, 15) is 31.2 Å². The smallest absolute Gasteiger partial charge is 0.354 e. The number of carbonyl (C=O) groups excluding carboxylic acids is 2. The van der Waals surface area contributed by atoms with Gasteiger partial charge >= 0.3 is 6.18 Å². The van der Waals surface area contributed by atoms with Crippen molar-refractivity contribution in [3.8, 4) is 0 Å². The normalized spacial score (nSPS) is 12.6. The van der Waals surface area contributed by atoms with Gasteiger partial charge in [-0.2, -0.15) is 13.2 Å². The predicted molar refractivity (Wildman–Crippen MR) is 156 cm³/mol. The molecule has 0 radical (unpaired) electrons. The Kier molecular flexibility index (Phi) is 10.8. The summed E-state index contributed by atoms with van der Waals surface area (Å²) in [5.74, 6) is -0.983. The van der Waals surface area contributed by atoms with Gasteiger partial charge in [0.2, 0.25) is 11.8 Å². The van der Waals surface area contributed by atoms with E-state index < -0.39 is 46.2 Å². The van der Waals surface area contributed by atoms with Gasteiger partial charge in [-0.3, -0.25) is 13.9 Å². The lowest BCUT2D eigenvalue weighted by Crippen LogP contribution is -2.52. The van der Waals surface area contributed by atoms with E-state index in [-0.39, 0.29) is 29.5 Å². The van der Waals surface area contributed by atoms with Gasteiger partial charge in [0.1, 0.15) is 12.6 Å². The SMILES string of the molecule is CCC(C(=O)NCC(C)C)N(Cc1cccc(C)c1)C(=O)CN(c1cccc(C(F)(F)F)c1)S(=O)(=O)c1ccccc1. The second kappa shape index (κ2) is 13.9. The number of rotatable bonds is 12. The Labute approximate surface area is 245 Å². The minimum atomic E-state index is -4.73. The van der Waals surface area contributed by atoms with Gasteiger partial charge in [-0.15, -0.1) is 0 Å². The van der Waals surface area contributed by atoms with Crippen molar-refractivity contribution >= 4 is 27.5 Å². The summed E-state index contributed by atoms with van der Waals surface area (Å²) in [7, 11) is -4.48. The Balaban J connectivity index is 2.10. The maximum absolute atomic E-state index is 14.0. The Hall–Kier alpha value is -3.86. The zero-order valence-corrected chi connectivity index (χ0v) is 24.9. The molecule has 0 fully saturated rings. The van der Waals surface area contributed by atoms with Gasteiger partial charge in [0, 0.05) is 13.1 Å². The summed E-state index contributed by atoms with van der Waals surface area (Å²) in [5.41, 5.74) is 0.260. The lowest BCUT2D eigenvalue weighted by Gasteiger charge is -2.33. The fourth-order valence-corrected chi connectivity index (χ4v) is 5.86. The topological polar surface area (TPSA) is 86.8 Å². The summed E-state index contributed by atoms with van der Waals surface area (Å²) >= 11 is 0. The second-order valence-corrected chi connectivity index (χ2v) is 12.3. The van der Waals surface area contributed by atoms with Crippen LogP contribution in [0.15, 0.2) is 83.8 Å². The molecule has 226 valence electrons. The third-order valence-electron chi connectivity index (χ3n) is 6.58. The first-order chi connectivity index (χ1) is 19.7. The molecule has 1 unspecified atom stereocenters. The second-order valence-electron chi connectivity index (χ2n) is 10.4. The number of nitrogens with zero attached hydrogens (tertiary/aromatic N) is 2. The highest BCUT2D eigenvalue weighted by atomic mass is 32.2. The van der Waals surface area contributed by atoms with Crippen LogP contribution in [0, 0.1) is 12.8 Å². The fraction of sp³-hybridized carbons (Fsp3) is 0.355. The molecule has 0 spiro atoms. The summed E-state index contributed by atoms with van der Waals surface area (Å²) in [5, 5.41) is 2.84. The van der Waals surface area contributed by atoms with Gasteiger partial charge < -0.3 is 10.2 Å². The van der Waals surface area contributed by atoms with E-state index in [1.807, 2.05) is 39.0 Å². The molecule has 3 aromatic rings. The van der Waals surface area contributed by atoms with Gasteiger partial charge in [0.05, 0.1) is 16.1 Å². The van der Waals surface area contributed by atoms with Crippen molar-refractivity contribution in [1.29, 1.82) is 0 Å². The Morgan fingerprint density at radius 3 is 2.19 bits per heavy atom. The number of nitrogens with one attached hydrogen (secondary N) is 1. The molecular weight excluding hydrogens is 567 g/mol. The maximum Gasteiger partial charge on any atom is 0.416 e. The molecule has 0 bridgehead atoms. The molecule has 3 aromatic carbocycles. The van der Waals surface area contributed by atoms with Gasteiger partial charge in [-0.05, 0) is 55.2 Å². The highest BCUT2D eigenvalue weighted by Crippen LogP contribution is 2.33. The number of hydrogen-bond donors (Lipinski definition) is 1. The van der Waals surface area contributed by atoms with E-state index in [1.165, 1.54) is 35.2 Å². The van der Waals surface area contributed by atoms with E-state index in [0.717, 1.165) is 23.3 Å². The van der Waals surface area contributed by atoms with Crippen LogP contribution < -0.4 is 9.62 Å². The van der Waals surface area contributed by atoms with Crippen LogP contribution in [-0.2, 0) is 32.3 Å². The zero-order valence-electron chi connectivity index (χ0n) is 24.1. The molecular formula is C31H36F3N3O4S. The number of amides is 2. The standard InChI is InChI=1S/C31H36F3N3O4S/c1-5-28(30(39)35-19-22(2)3)36(20-24-12-9-11-23(4)17-24)29(38)21-37(42(40,41)27-15-7-6-8-16-27)26-14-10-13-25(18-26)31(32,33)34/h6-18,22,28H,5,19-21H2,1-4H3,(H,35,39). The Morgan fingerprint density at radius 2 is 1.60 bits per heavy atom. The molecule has 0 aliphatic carbocycles. The van der Waals surface area contributed by atoms with Crippen molar-refractivity contribution in [2.45, 2.75) is 57.8 Å². The van der Waals surface area contributed by atoms with Gasteiger partial charge in [0.25, 0.3) is 10.0 Å². The first-order valence-corrected chi connectivity index (χ1v) is 15.1. The highest BCUT2D eigenvalue weighted by Gasteiger charge is 2.36. The number of sulfonamides is 1. The summed E-state index contributed by atoms with van der Waals surface area (Å²) < 4.78 is 69.1. The molecule has 1 atom stereocenters. The van der Waals surface area contributed by atoms with E-state index in [1.54, 1.807) is 19.1 Å². The van der Waals surface area contributed by atoms with Crippen molar-refractivity contribution in [2.24, 2.45) is 5.92 Å². The number of hydrogen-bond acceptors (Lipinski definition) is 4. The molecule has 1 N–H and O–H groups in total. The van der Waals surface area contributed by atoms with E-state index >= 15 is 0 Å². The summed E-state index contributed by atoms with van der Waals surface area (Å²) in [6.45, 7) is 7.02. The van der Waals surface area contributed by atoms with Crippen LogP contribution in [0.4, 0.5) is 18.9 Å². The number of carbonyl (C=O) groups is 2. The molecule has 0 aliphatic rings. The molecule has 2 amide bonds. The average Bonchev–Trinajstić information content (AvgIpc) is 2.94. The lowest BCUT2D eigenvalue weighted by molar-refractivity contribution is -0.140. The number of aryl methyl sites for hydroxylation is 1. The number of benzene rings is 3. The first-order valence-electron chi connectivity index (χ1n) is 13.6. The number of alkyl halides is 3. The van der Waals surface area contributed by atoms with Gasteiger partial charge in [0.15, 0.2) is 0 Å². The lowest BCUT2D eigenvalue weighted by atomic mass is 10.1. The van der Waals surface area contributed by atoms with Crippen molar-refractivity contribution < 1.29 is 31.2 Å². The molecule has 11 heteroatoms. The van der Waals surface area contributed by atoms with Gasteiger partial charge in [-0.1, -0.05) is 74.9 Å². The quantitative estimate of drug-likeness (QED) is 0.284. The summed E-state index contributed by atoms with van der Waals surface area (Å²) in [4.78, 5) is 28.4. The van der Waals surface area contributed by atoms with Crippen LogP contribution >= 0.6 is 0 Å². The van der Waals surface area contributed by atoms with E-state index in [0.29, 0.717) is 16.9 Å². The zero-order chi connectivity index (χ0) is 31.1. The van der Waals surface area contributed by atoms with Crippen molar-refractivity contribution in [3.63, 3.8) is 0 Å². The predicted octanol–water partition coefficient (Wildman–Crippen LogP) is 5.79. The maximum atomic E-state index is 14.0. The summed E-state index contributed by atoms with van der Waals surface area (Å²) in [6, 6.07) is 17.4. The van der Waals surface area contributed by atoms with Gasteiger partial charge in [-0.25, -0.2) is 8.42 Å². The molecule has 0 heterocycles. The number of anilines is 1. The molecule has 7 nitrogen and oxygen atoms in total. The Morgan fingerprint density at radius 1 is 0.929 bits per heavy atom. The van der Waals surface area contributed by atoms with Crippen LogP contribution in [0.25, 0.3) is 0 Å². The molecule has 0 aliphatic heterocycles. The van der Waals surface area contributed by atoms with Crippen molar-refractivity contribution in [3.05, 3.63) is 95.6 Å². The highest BCUT2D eigenvalue weighted by molar-refractivity contribution is 7.92. The largest absolute Gasteiger partial charge is 0.416 e. The van der Waals surface area contributed by atoms with Crippen LogP contribution in [0.1, 0.15) is 43.9 Å². The fourth-order valence-electron chi connectivity index (χ4n) is 4.44. The minimum absolute atomic E-state index is 0.00403. The van der Waals surface area contributed by atoms with Crippen LogP contribution in [0.2, 0.25) is 0 Å². The average molecular weight is 604 g/mol. The van der Waals surface area contributed by atoms with Crippen LogP contribution in [-0.4, -0.2) is 44.3 Å². The van der Waals surface area contributed by atoms with Crippen LogP contribution in [0.3, 0.4) is 0 Å². The molecule has 42 heavy (non-hydrogen) atoms. The molecule has 3 rings (SSSR count). The molecule has 0 aromatic heterocycles. The third-order valence-corrected chi connectivity index (χ3v) is 8.37. The monoisotopic (exact) mass is 603 g/mol. The molecule has 0 saturated carbocycles. The minimum Gasteiger partial charge on any atom is -0.354 e. The Bertz CT molecular complexity index is 1480. The van der Waals surface area contributed by atoms with E-state index in [4.69, 9.17) is 0 Å².